The number of sulfone groups is 1. The van der Waals surface area contributed by atoms with Gasteiger partial charge in [0.05, 0.1) is 11.0 Å². The van der Waals surface area contributed by atoms with E-state index in [1.807, 2.05) is 47.8 Å². The summed E-state index contributed by atoms with van der Waals surface area (Å²) in [6, 6.07) is 12.9. The Labute approximate surface area is 168 Å². The summed E-state index contributed by atoms with van der Waals surface area (Å²) in [5.41, 5.74) is 0.848. The van der Waals surface area contributed by atoms with Gasteiger partial charge in [-0.1, -0.05) is 36.4 Å². The van der Waals surface area contributed by atoms with Crippen molar-refractivity contribution >= 4 is 33.2 Å². The quantitative estimate of drug-likeness (QED) is 0.799. The first-order chi connectivity index (χ1) is 13.5. The van der Waals surface area contributed by atoms with Crippen LogP contribution in [-0.4, -0.2) is 50.7 Å². The first-order valence-corrected chi connectivity index (χ1v) is 11.5. The molecular formula is C19H22N2O5S2. The van der Waals surface area contributed by atoms with Crippen LogP contribution in [0.5, 0.6) is 0 Å². The summed E-state index contributed by atoms with van der Waals surface area (Å²) in [4.78, 5) is 26.5. The molecule has 2 amide bonds. The maximum Gasteiger partial charge on any atom is 0.407 e. The van der Waals surface area contributed by atoms with Gasteiger partial charge >= 0.3 is 6.09 Å². The van der Waals surface area contributed by atoms with E-state index in [-0.39, 0.29) is 31.4 Å². The minimum atomic E-state index is -3.32. The zero-order valence-corrected chi connectivity index (χ0v) is 16.9. The molecule has 1 aromatic heterocycles. The van der Waals surface area contributed by atoms with Gasteiger partial charge in [-0.05, 0) is 23.4 Å². The van der Waals surface area contributed by atoms with Gasteiger partial charge in [0.25, 0.3) is 0 Å². The normalized spacial score (nSPS) is 18.9. The SMILES string of the molecule is O=C(NCC(=O)N1CCC(c2cccs2)S(=O)(=O)CC1)OCc1ccccc1. The molecule has 0 spiro atoms. The fourth-order valence-electron chi connectivity index (χ4n) is 3.02. The van der Waals surface area contributed by atoms with Crippen LogP contribution in [0.2, 0.25) is 0 Å². The van der Waals surface area contributed by atoms with Gasteiger partial charge in [0.15, 0.2) is 9.84 Å². The van der Waals surface area contributed by atoms with Crippen molar-refractivity contribution in [1.29, 1.82) is 0 Å². The van der Waals surface area contributed by atoms with Crippen molar-refractivity contribution in [2.24, 2.45) is 0 Å². The molecule has 28 heavy (non-hydrogen) atoms. The predicted octanol–water partition coefficient (Wildman–Crippen LogP) is 2.36. The number of alkyl carbamates (subject to hydrolysis) is 1. The largest absolute Gasteiger partial charge is 0.445 e. The molecule has 1 atom stereocenters. The average Bonchev–Trinajstić information content (AvgIpc) is 3.16. The van der Waals surface area contributed by atoms with E-state index in [0.29, 0.717) is 13.0 Å². The fourth-order valence-corrected chi connectivity index (χ4v) is 6.02. The summed E-state index contributed by atoms with van der Waals surface area (Å²) in [5, 5.41) is 3.71. The summed E-state index contributed by atoms with van der Waals surface area (Å²) in [7, 11) is -3.32. The Morgan fingerprint density at radius 2 is 1.93 bits per heavy atom. The summed E-state index contributed by atoms with van der Waals surface area (Å²) < 4.78 is 30.1. The number of benzene rings is 1. The molecule has 0 aliphatic carbocycles. The number of thiophene rings is 1. The van der Waals surface area contributed by atoms with Gasteiger partial charge in [-0.2, -0.15) is 0 Å². The number of nitrogens with one attached hydrogen (secondary N) is 1. The molecule has 1 unspecified atom stereocenters. The number of carbonyl (C=O) groups excluding carboxylic acids is 2. The molecule has 150 valence electrons. The smallest absolute Gasteiger partial charge is 0.407 e. The molecule has 0 bridgehead atoms. The van der Waals surface area contributed by atoms with Crippen LogP contribution in [0.15, 0.2) is 47.8 Å². The number of rotatable bonds is 5. The van der Waals surface area contributed by atoms with Gasteiger partial charge in [0, 0.05) is 18.0 Å². The van der Waals surface area contributed by atoms with Crippen molar-refractivity contribution in [2.75, 3.05) is 25.4 Å². The van der Waals surface area contributed by atoms with E-state index in [2.05, 4.69) is 5.32 Å². The molecule has 1 saturated heterocycles. The van der Waals surface area contributed by atoms with Crippen molar-refractivity contribution in [3.8, 4) is 0 Å². The highest BCUT2D eigenvalue weighted by molar-refractivity contribution is 7.91. The van der Waals surface area contributed by atoms with Crippen molar-refractivity contribution in [1.82, 2.24) is 10.2 Å². The maximum atomic E-state index is 12.5. The highest BCUT2D eigenvalue weighted by Gasteiger charge is 2.33. The van der Waals surface area contributed by atoms with E-state index in [1.165, 1.54) is 16.2 Å². The first kappa shape index (κ1) is 20.3. The second-order valence-electron chi connectivity index (χ2n) is 6.46. The van der Waals surface area contributed by atoms with Gasteiger partial charge in [0.1, 0.15) is 13.2 Å². The Balaban J connectivity index is 1.49. The van der Waals surface area contributed by atoms with Gasteiger partial charge in [-0.3, -0.25) is 4.79 Å². The monoisotopic (exact) mass is 422 g/mol. The number of hydrogen-bond acceptors (Lipinski definition) is 6. The molecular weight excluding hydrogens is 400 g/mol. The zero-order valence-electron chi connectivity index (χ0n) is 15.2. The minimum Gasteiger partial charge on any atom is -0.445 e. The summed E-state index contributed by atoms with van der Waals surface area (Å²) in [6.45, 7) is 0.355. The van der Waals surface area contributed by atoms with Gasteiger partial charge in [-0.15, -0.1) is 11.3 Å². The lowest BCUT2D eigenvalue weighted by molar-refractivity contribution is -0.129. The van der Waals surface area contributed by atoms with E-state index in [0.717, 1.165) is 10.4 Å². The van der Waals surface area contributed by atoms with Crippen LogP contribution >= 0.6 is 11.3 Å². The molecule has 0 saturated carbocycles. The molecule has 7 nitrogen and oxygen atoms in total. The number of hydrogen-bond donors (Lipinski definition) is 1. The Morgan fingerprint density at radius 3 is 2.64 bits per heavy atom. The number of carbonyl (C=O) groups is 2. The van der Waals surface area contributed by atoms with Gasteiger partial charge in [0.2, 0.25) is 5.91 Å². The molecule has 3 rings (SSSR count). The average molecular weight is 423 g/mol. The fraction of sp³-hybridized carbons (Fsp3) is 0.368. The molecule has 1 aliphatic rings. The lowest BCUT2D eigenvalue weighted by Gasteiger charge is -2.20. The third-order valence-corrected chi connectivity index (χ3v) is 7.79. The summed E-state index contributed by atoms with van der Waals surface area (Å²) in [6.07, 6.45) is -0.330. The third kappa shape index (κ3) is 5.32. The van der Waals surface area contributed by atoms with E-state index in [4.69, 9.17) is 4.74 Å². The highest BCUT2D eigenvalue weighted by Crippen LogP contribution is 2.32. The Bertz CT molecular complexity index is 898. The van der Waals surface area contributed by atoms with Crippen molar-refractivity contribution in [2.45, 2.75) is 18.3 Å². The van der Waals surface area contributed by atoms with E-state index in [9.17, 15) is 18.0 Å². The molecule has 2 heterocycles. The van der Waals surface area contributed by atoms with E-state index >= 15 is 0 Å². The van der Waals surface area contributed by atoms with Crippen molar-refractivity contribution in [3.63, 3.8) is 0 Å². The Hall–Kier alpha value is -2.39. The van der Waals surface area contributed by atoms with Crippen LogP contribution in [0.4, 0.5) is 4.79 Å². The van der Waals surface area contributed by atoms with Crippen molar-refractivity contribution < 1.29 is 22.7 Å². The highest BCUT2D eigenvalue weighted by atomic mass is 32.2. The van der Waals surface area contributed by atoms with Crippen molar-refractivity contribution in [3.05, 3.63) is 58.3 Å². The standard InChI is InChI=1S/C19H22N2O5S2/c22-18(13-20-19(23)26-14-15-5-2-1-3-6-15)21-9-8-17(16-7-4-11-27-16)28(24,25)12-10-21/h1-7,11,17H,8-10,12-14H2,(H,20,23). The molecule has 1 N–H and O–H groups in total. The molecule has 2 aromatic rings. The molecule has 0 radical (unpaired) electrons. The molecule has 1 aliphatic heterocycles. The van der Waals surface area contributed by atoms with E-state index in [1.54, 1.807) is 0 Å². The molecule has 1 fully saturated rings. The maximum absolute atomic E-state index is 12.5. The second-order valence-corrected chi connectivity index (χ2v) is 9.74. The van der Waals surface area contributed by atoms with Crippen LogP contribution < -0.4 is 5.32 Å². The van der Waals surface area contributed by atoms with Crippen LogP contribution in [0.1, 0.15) is 22.1 Å². The lowest BCUT2D eigenvalue weighted by atomic mass is 10.2. The zero-order chi connectivity index (χ0) is 20.0. The third-order valence-electron chi connectivity index (χ3n) is 4.55. The summed E-state index contributed by atoms with van der Waals surface area (Å²) in [5.74, 6) is -0.404. The van der Waals surface area contributed by atoms with Crippen LogP contribution in [0, 0.1) is 0 Å². The van der Waals surface area contributed by atoms with Gasteiger partial charge < -0.3 is 15.0 Å². The summed E-state index contributed by atoms with van der Waals surface area (Å²) >= 11 is 1.41. The Kier molecular flexibility index (Phi) is 6.69. The second kappa shape index (κ2) is 9.20. The molecule has 9 heteroatoms. The number of nitrogens with zero attached hydrogens (tertiary/aromatic N) is 1. The van der Waals surface area contributed by atoms with E-state index < -0.39 is 21.2 Å². The number of amides is 2. The lowest BCUT2D eigenvalue weighted by Crippen LogP contribution is -2.41. The van der Waals surface area contributed by atoms with Gasteiger partial charge in [-0.25, -0.2) is 13.2 Å². The van der Waals surface area contributed by atoms with Crippen LogP contribution in [-0.2, 0) is 26.0 Å². The van der Waals surface area contributed by atoms with Crippen LogP contribution in [0.25, 0.3) is 0 Å². The Morgan fingerprint density at radius 1 is 1.14 bits per heavy atom. The topological polar surface area (TPSA) is 92.8 Å². The number of ether oxygens (including phenoxy) is 1. The first-order valence-electron chi connectivity index (χ1n) is 8.93. The molecule has 1 aromatic carbocycles. The predicted molar refractivity (Wildman–Crippen MR) is 107 cm³/mol. The minimum absolute atomic E-state index is 0.0836. The van der Waals surface area contributed by atoms with Crippen LogP contribution in [0.3, 0.4) is 0 Å².